The highest BCUT2D eigenvalue weighted by Gasteiger charge is 2.28. The fraction of sp³-hybridized carbons (Fsp3) is 0.273. The fourth-order valence-corrected chi connectivity index (χ4v) is 3.93. The van der Waals surface area contributed by atoms with E-state index in [0.29, 0.717) is 0 Å². The summed E-state index contributed by atoms with van der Waals surface area (Å²) in [6.07, 6.45) is 3.16. The van der Waals surface area contributed by atoms with Crippen LogP contribution in [0.4, 0.5) is 5.69 Å². The van der Waals surface area contributed by atoms with Gasteiger partial charge in [0.25, 0.3) is 5.69 Å². The van der Waals surface area contributed by atoms with Crippen LogP contribution in [0.3, 0.4) is 0 Å². The minimum absolute atomic E-state index is 0.00343. The van der Waals surface area contributed by atoms with E-state index in [1.807, 2.05) is 6.07 Å². The van der Waals surface area contributed by atoms with Gasteiger partial charge in [0.05, 0.1) is 11.0 Å². The summed E-state index contributed by atoms with van der Waals surface area (Å²) >= 11 is 0. The highest BCUT2D eigenvalue weighted by atomic mass is 16.6. The average molecular weight is 361 g/mol. The molecule has 1 aromatic heterocycles. The molecule has 1 aliphatic rings. The quantitative estimate of drug-likeness (QED) is 0.500. The van der Waals surface area contributed by atoms with Crippen LogP contribution in [0, 0.1) is 17.0 Å². The molecule has 4 rings (SSSR count). The summed E-state index contributed by atoms with van der Waals surface area (Å²) < 4.78 is 2.28. The number of nitrogens with zero attached hydrogens (tertiary/aromatic N) is 3. The minimum Gasteiger partial charge on any atom is -0.350 e. The molecule has 0 bridgehead atoms. The fourth-order valence-electron chi connectivity index (χ4n) is 3.93. The SMILES string of the molecule is Cc1ccc(CN2CCCn3cccc3[C@H]2c2cccc([N+](=O)[O-])c2)cc1. The van der Waals surface area contributed by atoms with Crippen LogP contribution in [0.1, 0.15) is 34.8 Å². The molecule has 5 heteroatoms. The summed E-state index contributed by atoms with van der Waals surface area (Å²) in [7, 11) is 0. The van der Waals surface area contributed by atoms with Crippen LogP contribution >= 0.6 is 0 Å². The molecule has 0 radical (unpaired) electrons. The lowest BCUT2D eigenvalue weighted by Crippen LogP contribution is -2.29. The topological polar surface area (TPSA) is 51.3 Å². The van der Waals surface area contributed by atoms with Gasteiger partial charge >= 0.3 is 0 Å². The molecule has 1 atom stereocenters. The van der Waals surface area contributed by atoms with Crippen LogP contribution in [-0.4, -0.2) is 20.9 Å². The average Bonchev–Trinajstić information content (AvgIpc) is 3.05. The molecule has 0 unspecified atom stereocenters. The largest absolute Gasteiger partial charge is 0.350 e. The Balaban J connectivity index is 1.75. The molecule has 2 heterocycles. The third-order valence-corrected chi connectivity index (χ3v) is 5.26. The first-order valence-electron chi connectivity index (χ1n) is 9.31. The molecule has 0 amide bonds. The van der Waals surface area contributed by atoms with Crippen LogP contribution in [0.25, 0.3) is 0 Å². The zero-order chi connectivity index (χ0) is 18.8. The second-order valence-corrected chi connectivity index (χ2v) is 7.19. The van der Waals surface area contributed by atoms with Crippen molar-refractivity contribution in [3.63, 3.8) is 0 Å². The number of hydrogen-bond acceptors (Lipinski definition) is 3. The monoisotopic (exact) mass is 361 g/mol. The maximum absolute atomic E-state index is 11.3. The van der Waals surface area contributed by atoms with E-state index in [1.165, 1.54) is 16.8 Å². The van der Waals surface area contributed by atoms with Crippen molar-refractivity contribution in [1.82, 2.24) is 9.47 Å². The molecule has 138 valence electrons. The third-order valence-electron chi connectivity index (χ3n) is 5.26. The lowest BCUT2D eigenvalue weighted by atomic mass is 10.00. The third kappa shape index (κ3) is 3.64. The number of fused-ring (bicyclic) bond motifs is 1. The van der Waals surface area contributed by atoms with E-state index in [-0.39, 0.29) is 16.7 Å². The lowest BCUT2D eigenvalue weighted by Gasteiger charge is -2.30. The first-order valence-corrected chi connectivity index (χ1v) is 9.31. The molecule has 2 aromatic carbocycles. The summed E-state index contributed by atoms with van der Waals surface area (Å²) in [5.74, 6) is 0. The van der Waals surface area contributed by atoms with Crippen molar-refractivity contribution < 1.29 is 4.92 Å². The Kier molecular flexibility index (Phi) is 4.77. The predicted molar refractivity (Wildman–Crippen MR) is 106 cm³/mol. The molecule has 5 nitrogen and oxygen atoms in total. The van der Waals surface area contributed by atoms with Crippen molar-refractivity contribution in [2.45, 2.75) is 32.5 Å². The number of aryl methyl sites for hydroxylation is 2. The van der Waals surface area contributed by atoms with Crippen molar-refractivity contribution in [3.8, 4) is 0 Å². The van der Waals surface area contributed by atoms with Crippen molar-refractivity contribution in [3.05, 3.63) is 99.4 Å². The van der Waals surface area contributed by atoms with E-state index < -0.39 is 0 Å². The van der Waals surface area contributed by atoms with Crippen LogP contribution in [0.5, 0.6) is 0 Å². The maximum Gasteiger partial charge on any atom is 0.269 e. The molecule has 1 aliphatic heterocycles. The number of rotatable bonds is 4. The second-order valence-electron chi connectivity index (χ2n) is 7.19. The number of benzene rings is 2. The lowest BCUT2D eigenvalue weighted by molar-refractivity contribution is -0.384. The number of aromatic nitrogens is 1. The molecule has 0 spiro atoms. The van der Waals surface area contributed by atoms with E-state index in [2.05, 4.69) is 59.0 Å². The molecule has 0 fully saturated rings. The van der Waals surface area contributed by atoms with Gasteiger partial charge in [0.2, 0.25) is 0 Å². The molecular formula is C22H23N3O2. The molecule has 0 saturated heterocycles. The van der Waals surface area contributed by atoms with Gasteiger partial charge in [-0.1, -0.05) is 42.0 Å². The van der Waals surface area contributed by atoms with Gasteiger partial charge in [-0.05, 0) is 36.6 Å². The van der Waals surface area contributed by atoms with Gasteiger partial charge in [0, 0.05) is 43.7 Å². The van der Waals surface area contributed by atoms with Crippen molar-refractivity contribution >= 4 is 5.69 Å². The Labute approximate surface area is 159 Å². The van der Waals surface area contributed by atoms with Gasteiger partial charge in [-0.15, -0.1) is 0 Å². The van der Waals surface area contributed by atoms with E-state index in [0.717, 1.165) is 31.6 Å². The number of nitro benzene ring substituents is 1. The molecule has 27 heavy (non-hydrogen) atoms. The summed E-state index contributed by atoms with van der Waals surface area (Å²) in [5.41, 5.74) is 4.82. The Morgan fingerprint density at radius 3 is 2.67 bits per heavy atom. The van der Waals surface area contributed by atoms with Gasteiger partial charge in [0.1, 0.15) is 0 Å². The molecule has 0 saturated carbocycles. The Hall–Kier alpha value is -2.92. The van der Waals surface area contributed by atoms with Gasteiger partial charge in [-0.25, -0.2) is 0 Å². The highest BCUT2D eigenvalue weighted by Crippen LogP contribution is 2.34. The summed E-state index contributed by atoms with van der Waals surface area (Å²) in [6, 6.07) is 19.9. The van der Waals surface area contributed by atoms with Crippen LogP contribution < -0.4 is 0 Å². The Bertz CT molecular complexity index is 946. The Morgan fingerprint density at radius 2 is 1.89 bits per heavy atom. The molecule has 0 N–H and O–H groups in total. The van der Waals surface area contributed by atoms with Gasteiger partial charge in [-0.3, -0.25) is 15.0 Å². The van der Waals surface area contributed by atoms with Crippen molar-refractivity contribution in [2.24, 2.45) is 0 Å². The summed E-state index contributed by atoms with van der Waals surface area (Å²) in [4.78, 5) is 13.4. The number of nitro groups is 1. The summed E-state index contributed by atoms with van der Waals surface area (Å²) in [5, 5.41) is 11.3. The highest BCUT2D eigenvalue weighted by molar-refractivity contribution is 5.39. The predicted octanol–water partition coefficient (Wildman–Crippen LogP) is 4.70. The molecule has 0 aliphatic carbocycles. The van der Waals surface area contributed by atoms with Crippen molar-refractivity contribution in [2.75, 3.05) is 6.54 Å². The molecular weight excluding hydrogens is 338 g/mol. The van der Waals surface area contributed by atoms with Gasteiger partial charge < -0.3 is 4.57 Å². The minimum atomic E-state index is -0.316. The van der Waals surface area contributed by atoms with Crippen LogP contribution in [0.15, 0.2) is 66.9 Å². The zero-order valence-corrected chi connectivity index (χ0v) is 15.4. The summed E-state index contributed by atoms with van der Waals surface area (Å²) in [6.45, 7) is 4.83. The zero-order valence-electron chi connectivity index (χ0n) is 15.4. The second kappa shape index (κ2) is 7.37. The number of non-ortho nitro benzene ring substituents is 1. The maximum atomic E-state index is 11.3. The smallest absolute Gasteiger partial charge is 0.269 e. The normalized spacial score (nSPS) is 17.3. The van der Waals surface area contributed by atoms with Crippen molar-refractivity contribution in [1.29, 1.82) is 0 Å². The van der Waals surface area contributed by atoms with E-state index in [9.17, 15) is 10.1 Å². The van der Waals surface area contributed by atoms with E-state index in [4.69, 9.17) is 0 Å². The molecule has 3 aromatic rings. The first kappa shape index (κ1) is 17.5. The Morgan fingerprint density at radius 1 is 1.07 bits per heavy atom. The van der Waals surface area contributed by atoms with Gasteiger partial charge in [-0.2, -0.15) is 0 Å². The van der Waals surface area contributed by atoms with Crippen LogP contribution in [-0.2, 0) is 13.1 Å². The first-order chi connectivity index (χ1) is 13.1. The van der Waals surface area contributed by atoms with E-state index >= 15 is 0 Å². The van der Waals surface area contributed by atoms with Crippen LogP contribution in [0.2, 0.25) is 0 Å². The van der Waals surface area contributed by atoms with E-state index in [1.54, 1.807) is 18.2 Å². The standard InChI is InChI=1S/C22H23N3O2/c1-17-8-10-18(11-9-17)16-24-14-4-13-23-12-3-7-21(23)22(24)19-5-2-6-20(15-19)25(26)27/h2-3,5-12,15,22H,4,13-14,16H2,1H3/t22-/m1/s1. The van der Waals surface area contributed by atoms with Gasteiger partial charge in [0.15, 0.2) is 0 Å². The number of hydrogen-bond donors (Lipinski definition) is 0.